The fourth-order valence-electron chi connectivity index (χ4n) is 3.04. The third kappa shape index (κ3) is 4.04. The zero-order valence-electron chi connectivity index (χ0n) is 15.2. The van der Waals surface area contributed by atoms with E-state index in [0.29, 0.717) is 0 Å². The van der Waals surface area contributed by atoms with Crippen LogP contribution >= 0.6 is 0 Å². The molecule has 1 fully saturated rings. The Morgan fingerprint density at radius 3 is 2.08 bits per heavy atom. The van der Waals surface area contributed by atoms with Crippen molar-refractivity contribution in [2.45, 2.75) is 38.5 Å². The molecule has 2 aromatic carbocycles. The Hall–Kier alpha value is -2.82. The lowest BCUT2D eigenvalue weighted by molar-refractivity contribution is -0.165. The van der Waals surface area contributed by atoms with Crippen molar-refractivity contribution < 1.29 is 19.1 Å². The second-order valence-corrected chi connectivity index (χ2v) is 7.28. The molecule has 5 heteroatoms. The number of carbonyl (C=O) groups excluding carboxylic acids is 2. The summed E-state index contributed by atoms with van der Waals surface area (Å²) in [5, 5.41) is 0. The lowest BCUT2D eigenvalue weighted by Crippen LogP contribution is -2.48. The monoisotopic (exact) mass is 353 g/mol. The number of rotatable bonds is 2. The van der Waals surface area contributed by atoms with Gasteiger partial charge >= 0.3 is 12.1 Å². The molecule has 0 radical (unpaired) electrons. The zero-order valence-corrected chi connectivity index (χ0v) is 15.2. The Kier molecular flexibility index (Phi) is 4.98. The quantitative estimate of drug-likeness (QED) is 0.757. The van der Waals surface area contributed by atoms with Gasteiger partial charge < -0.3 is 9.47 Å². The van der Waals surface area contributed by atoms with Crippen LogP contribution in [-0.2, 0) is 14.3 Å². The number of nitrogens with zero attached hydrogens (tertiary/aromatic N) is 1. The van der Waals surface area contributed by atoms with E-state index in [1.54, 1.807) is 20.8 Å². The van der Waals surface area contributed by atoms with Gasteiger partial charge in [0.2, 0.25) is 0 Å². The molecule has 2 atom stereocenters. The molecule has 1 amide bonds. The number of amides is 1. The first-order valence-corrected chi connectivity index (χ1v) is 8.64. The maximum Gasteiger partial charge on any atom is 0.411 e. The molecule has 2 aromatic rings. The minimum atomic E-state index is -0.651. The molecule has 0 saturated carbocycles. The van der Waals surface area contributed by atoms with Crippen LogP contribution in [-0.4, -0.2) is 29.1 Å². The molecule has 5 nitrogen and oxygen atoms in total. The van der Waals surface area contributed by atoms with Crippen molar-refractivity contribution in [1.29, 1.82) is 0 Å². The minimum Gasteiger partial charge on any atom is -0.454 e. The standard InChI is InChI=1S/C21H23NO4/c1-21(2,3)26-20(24)22-14-17(23)25-19(16-12-8-5-9-13-16)18(22)15-10-6-4-7-11-15/h4-13,18-19H,14H2,1-3H3/t18-,19-/m1/s1. The van der Waals surface area contributed by atoms with E-state index in [-0.39, 0.29) is 6.54 Å². The molecule has 1 aliphatic heterocycles. The number of cyclic esters (lactones) is 1. The van der Waals surface area contributed by atoms with Crippen LogP contribution in [0.2, 0.25) is 0 Å². The summed E-state index contributed by atoms with van der Waals surface area (Å²) in [6, 6.07) is 18.6. The molecule has 0 aliphatic carbocycles. The highest BCUT2D eigenvalue weighted by atomic mass is 16.6. The van der Waals surface area contributed by atoms with E-state index in [4.69, 9.17) is 9.47 Å². The number of hydrogen-bond acceptors (Lipinski definition) is 4. The molecule has 3 rings (SSSR count). The molecule has 0 bridgehead atoms. The van der Waals surface area contributed by atoms with E-state index in [1.165, 1.54) is 4.90 Å². The second-order valence-electron chi connectivity index (χ2n) is 7.28. The van der Waals surface area contributed by atoms with Crippen LogP contribution in [0.1, 0.15) is 44.0 Å². The smallest absolute Gasteiger partial charge is 0.411 e. The summed E-state index contributed by atoms with van der Waals surface area (Å²) in [7, 11) is 0. The van der Waals surface area contributed by atoms with Crippen molar-refractivity contribution in [1.82, 2.24) is 4.90 Å². The Morgan fingerprint density at radius 1 is 1.00 bits per heavy atom. The third-order valence-corrected chi connectivity index (χ3v) is 4.08. The number of benzene rings is 2. The molecular weight excluding hydrogens is 330 g/mol. The summed E-state index contributed by atoms with van der Waals surface area (Å²) in [5.41, 5.74) is 1.07. The van der Waals surface area contributed by atoms with Crippen molar-refractivity contribution in [2.24, 2.45) is 0 Å². The van der Waals surface area contributed by atoms with Gasteiger partial charge in [0.05, 0.1) is 0 Å². The summed E-state index contributed by atoms with van der Waals surface area (Å²) in [6.07, 6.45) is -1.11. The van der Waals surface area contributed by atoms with Crippen LogP contribution in [0.25, 0.3) is 0 Å². The van der Waals surface area contributed by atoms with E-state index in [0.717, 1.165) is 11.1 Å². The van der Waals surface area contributed by atoms with Gasteiger partial charge in [0.15, 0.2) is 6.10 Å². The van der Waals surface area contributed by atoms with Gasteiger partial charge in [-0.1, -0.05) is 60.7 Å². The van der Waals surface area contributed by atoms with Gasteiger partial charge in [-0.15, -0.1) is 0 Å². The van der Waals surface area contributed by atoms with E-state index >= 15 is 0 Å². The molecule has 1 heterocycles. The lowest BCUT2D eigenvalue weighted by Gasteiger charge is -2.41. The van der Waals surface area contributed by atoms with E-state index in [2.05, 4.69) is 0 Å². The van der Waals surface area contributed by atoms with E-state index < -0.39 is 29.8 Å². The number of ether oxygens (including phenoxy) is 2. The van der Waals surface area contributed by atoms with Crippen molar-refractivity contribution in [3.8, 4) is 0 Å². The number of hydrogen-bond donors (Lipinski definition) is 0. The summed E-state index contributed by atoms with van der Waals surface area (Å²) >= 11 is 0. The maximum absolute atomic E-state index is 12.8. The lowest BCUT2D eigenvalue weighted by atomic mass is 9.93. The van der Waals surface area contributed by atoms with Gasteiger partial charge in [-0.3, -0.25) is 9.69 Å². The first kappa shape index (κ1) is 18.0. The Balaban J connectivity index is 2.03. The van der Waals surface area contributed by atoms with Crippen LogP contribution in [0.3, 0.4) is 0 Å². The van der Waals surface area contributed by atoms with Gasteiger partial charge in [-0.2, -0.15) is 0 Å². The summed E-state index contributed by atoms with van der Waals surface area (Å²) in [4.78, 5) is 26.5. The van der Waals surface area contributed by atoms with Crippen molar-refractivity contribution in [2.75, 3.05) is 6.54 Å². The van der Waals surface area contributed by atoms with E-state index in [9.17, 15) is 9.59 Å². The first-order valence-electron chi connectivity index (χ1n) is 8.64. The average Bonchev–Trinajstić information content (AvgIpc) is 2.61. The van der Waals surface area contributed by atoms with Crippen LogP contribution in [0, 0.1) is 0 Å². The molecule has 0 N–H and O–H groups in total. The number of morpholine rings is 1. The zero-order chi connectivity index (χ0) is 18.7. The minimum absolute atomic E-state index is 0.141. The molecule has 26 heavy (non-hydrogen) atoms. The summed E-state index contributed by atoms with van der Waals surface area (Å²) in [5.74, 6) is -0.447. The highest BCUT2D eigenvalue weighted by Gasteiger charge is 2.42. The van der Waals surface area contributed by atoms with Gasteiger partial charge in [0, 0.05) is 0 Å². The van der Waals surface area contributed by atoms with E-state index in [1.807, 2.05) is 60.7 Å². The fourth-order valence-corrected chi connectivity index (χ4v) is 3.04. The van der Waals surface area contributed by atoms with Gasteiger partial charge in [-0.25, -0.2) is 4.79 Å². The van der Waals surface area contributed by atoms with Crippen LogP contribution < -0.4 is 0 Å². The van der Waals surface area contributed by atoms with Crippen molar-refractivity contribution in [3.63, 3.8) is 0 Å². The maximum atomic E-state index is 12.8. The Labute approximate surface area is 153 Å². The predicted molar refractivity (Wildman–Crippen MR) is 97.4 cm³/mol. The fraction of sp³-hybridized carbons (Fsp3) is 0.333. The average molecular weight is 353 g/mol. The molecule has 0 unspecified atom stereocenters. The van der Waals surface area contributed by atoms with Crippen molar-refractivity contribution in [3.05, 3.63) is 71.8 Å². The molecule has 0 aromatic heterocycles. The molecule has 1 saturated heterocycles. The predicted octanol–water partition coefficient (Wildman–Crippen LogP) is 4.26. The van der Waals surface area contributed by atoms with Gasteiger partial charge in [0.25, 0.3) is 0 Å². The Bertz CT molecular complexity index is 768. The number of carbonyl (C=O) groups is 2. The summed E-state index contributed by atoms with van der Waals surface area (Å²) in [6.45, 7) is 5.27. The normalized spacial score (nSPS) is 20.4. The second kappa shape index (κ2) is 7.20. The summed E-state index contributed by atoms with van der Waals surface area (Å²) < 4.78 is 11.2. The largest absolute Gasteiger partial charge is 0.454 e. The van der Waals surface area contributed by atoms with Gasteiger partial charge in [-0.05, 0) is 31.9 Å². The molecule has 0 spiro atoms. The van der Waals surface area contributed by atoms with Crippen LogP contribution in [0.5, 0.6) is 0 Å². The first-order chi connectivity index (χ1) is 12.3. The van der Waals surface area contributed by atoms with Gasteiger partial charge in [0.1, 0.15) is 18.2 Å². The topological polar surface area (TPSA) is 55.8 Å². The highest BCUT2D eigenvalue weighted by molar-refractivity contribution is 5.80. The number of esters is 1. The Morgan fingerprint density at radius 2 is 1.54 bits per heavy atom. The van der Waals surface area contributed by atoms with Crippen LogP contribution in [0.4, 0.5) is 4.79 Å². The molecular formula is C21H23NO4. The van der Waals surface area contributed by atoms with Crippen molar-refractivity contribution >= 4 is 12.1 Å². The molecule has 136 valence electrons. The molecule has 1 aliphatic rings. The van der Waals surface area contributed by atoms with Crippen LogP contribution in [0.15, 0.2) is 60.7 Å². The SMILES string of the molecule is CC(C)(C)OC(=O)N1CC(=O)O[C@H](c2ccccc2)[C@H]1c1ccccc1. The highest BCUT2D eigenvalue weighted by Crippen LogP contribution is 2.40. The third-order valence-electron chi connectivity index (χ3n) is 4.08.